The summed E-state index contributed by atoms with van der Waals surface area (Å²) in [5, 5.41) is 3.14. The van der Waals surface area contributed by atoms with Gasteiger partial charge in [-0.05, 0) is 51.7 Å². The van der Waals surface area contributed by atoms with Crippen LogP contribution in [-0.2, 0) is 12.6 Å². The number of rotatable bonds is 6. The summed E-state index contributed by atoms with van der Waals surface area (Å²) in [6.45, 7) is 3.82. The third-order valence-corrected chi connectivity index (χ3v) is 6.45. The van der Waals surface area contributed by atoms with Crippen LogP contribution in [0.25, 0.3) is 10.4 Å². The first-order valence-corrected chi connectivity index (χ1v) is 10.7. The summed E-state index contributed by atoms with van der Waals surface area (Å²) in [4.78, 5) is 20.4. The minimum Gasteiger partial charge on any atom is -0.306 e. The standard InChI is InChI=1S/C20H21F3N4OS2/c1-11(27(3)4)8-17-24-19(30-26-17)25-18(28)15-10-16(29-12(15)2)13-6-5-7-14(9-13)20(21,22)23/h5-7,9-11H,8H2,1-4H3,(H,24,25,26,28). The highest BCUT2D eigenvalue weighted by molar-refractivity contribution is 7.15. The first-order valence-electron chi connectivity index (χ1n) is 9.13. The average molecular weight is 455 g/mol. The van der Waals surface area contributed by atoms with E-state index in [2.05, 4.69) is 26.5 Å². The molecule has 10 heteroatoms. The highest BCUT2D eigenvalue weighted by Gasteiger charge is 2.30. The van der Waals surface area contributed by atoms with Gasteiger partial charge in [-0.3, -0.25) is 10.1 Å². The Morgan fingerprint density at radius 2 is 2.00 bits per heavy atom. The number of amides is 1. The highest BCUT2D eigenvalue weighted by Crippen LogP contribution is 2.36. The van der Waals surface area contributed by atoms with Crippen LogP contribution in [0.1, 0.15) is 33.5 Å². The molecule has 0 saturated heterocycles. The van der Waals surface area contributed by atoms with Crippen molar-refractivity contribution in [2.24, 2.45) is 0 Å². The molecule has 1 aromatic carbocycles. The van der Waals surface area contributed by atoms with E-state index in [0.717, 1.165) is 23.7 Å². The van der Waals surface area contributed by atoms with Crippen molar-refractivity contribution in [3.63, 3.8) is 0 Å². The van der Waals surface area contributed by atoms with Gasteiger partial charge in [0.15, 0.2) is 0 Å². The SMILES string of the molecule is Cc1sc(-c2cccc(C(F)(F)F)c2)cc1C(=O)Nc1nc(CC(C)N(C)C)ns1. The predicted octanol–water partition coefficient (Wildman–Crippen LogP) is 5.34. The number of anilines is 1. The number of alkyl halides is 3. The fraction of sp³-hybridized carbons (Fsp3) is 0.350. The number of hydrogen-bond acceptors (Lipinski definition) is 6. The second kappa shape index (κ2) is 8.83. The van der Waals surface area contributed by atoms with Crippen molar-refractivity contribution in [1.29, 1.82) is 0 Å². The summed E-state index contributed by atoms with van der Waals surface area (Å²) in [5.41, 5.74) is 0.115. The van der Waals surface area contributed by atoms with Crippen LogP contribution in [0.2, 0.25) is 0 Å². The van der Waals surface area contributed by atoms with Gasteiger partial charge in [-0.1, -0.05) is 12.1 Å². The Bertz CT molecular complexity index is 1040. The molecule has 2 aromatic heterocycles. The molecule has 3 rings (SSSR count). The number of halogens is 3. The van der Waals surface area contributed by atoms with E-state index in [0.29, 0.717) is 38.3 Å². The molecular formula is C20H21F3N4OS2. The van der Waals surface area contributed by atoms with Crippen LogP contribution >= 0.6 is 22.9 Å². The third-order valence-electron chi connectivity index (χ3n) is 4.68. The van der Waals surface area contributed by atoms with E-state index in [4.69, 9.17) is 0 Å². The summed E-state index contributed by atoms with van der Waals surface area (Å²) < 4.78 is 43.2. The van der Waals surface area contributed by atoms with Crippen LogP contribution in [0.4, 0.5) is 18.3 Å². The molecule has 1 amide bonds. The van der Waals surface area contributed by atoms with Gasteiger partial charge in [0.05, 0.1) is 11.1 Å². The van der Waals surface area contributed by atoms with Crippen LogP contribution in [0.15, 0.2) is 30.3 Å². The average Bonchev–Trinajstić information content (AvgIpc) is 3.27. The first kappa shape index (κ1) is 22.4. The maximum Gasteiger partial charge on any atom is 0.416 e. The zero-order chi connectivity index (χ0) is 22.1. The summed E-state index contributed by atoms with van der Waals surface area (Å²) in [6.07, 6.45) is -3.75. The lowest BCUT2D eigenvalue weighted by molar-refractivity contribution is -0.137. The van der Waals surface area contributed by atoms with E-state index >= 15 is 0 Å². The van der Waals surface area contributed by atoms with Gasteiger partial charge in [0.1, 0.15) is 5.82 Å². The topological polar surface area (TPSA) is 58.1 Å². The predicted molar refractivity (Wildman–Crippen MR) is 114 cm³/mol. The van der Waals surface area contributed by atoms with Gasteiger partial charge < -0.3 is 4.90 Å². The number of benzene rings is 1. The quantitative estimate of drug-likeness (QED) is 0.546. The van der Waals surface area contributed by atoms with E-state index < -0.39 is 11.7 Å². The lowest BCUT2D eigenvalue weighted by Crippen LogP contribution is -2.27. The van der Waals surface area contributed by atoms with Gasteiger partial charge in [0, 0.05) is 33.7 Å². The molecule has 0 spiro atoms. The largest absolute Gasteiger partial charge is 0.416 e. The third kappa shape index (κ3) is 5.24. The maximum absolute atomic E-state index is 13.0. The fourth-order valence-corrected chi connectivity index (χ4v) is 4.30. The molecule has 0 aliphatic carbocycles. The molecule has 0 aliphatic heterocycles. The Balaban J connectivity index is 1.76. The number of aryl methyl sites for hydroxylation is 1. The molecular weight excluding hydrogens is 433 g/mol. The van der Waals surface area contributed by atoms with Crippen molar-refractivity contribution < 1.29 is 18.0 Å². The second-order valence-corrected chi connectivity index (χ2v) is 9.15. The molecule has 160 valence electrons. The van der Waals surface area contributed by atoms with Crippen LogP contribution in [0.5, 0.6) is 0 Å². The van der Waals surface area contributed by atoms with Gasteiger partial charge in [0.2, 0.25) is 5.13 Å². The van der Waals surface area contributed by atoms with Crippen molar-refractivity contribution in [1.82, 2.24) is 14.3 Å². The molecule has 1 unspecified atom stereocenters. The van der Waals surface area contributed by atoms with E-state index in [-0.39, 0.29) is 11.9 Å². The van der Waals surface area contributed by atoms with Crippen molar-refractivity contribution in [2.45, 2.75) is 32.5 Å². The van der Waals surface area contributed by atoms with Crippen molar-refractivity contribution in [2.75, 3.05) is 19.4 Å². The molecule has 3 aromatic rings. The summed E-state index contributed by atoms with van der Waals surface area (Å²) in [6, 6.07) is 6.96. The van der Waals surface area contributed by atoms with E-state index in [1.807, 2.05) is 14.1 Å². The molecule has 0 saturated carbocycles. The molecule has 1 N–H and O–H groups in total. The lowest BCUT2D eigenvalue weighted by atomic mass is 10.1. The van der Waals surface area contributed by atoms with Gasteiger partial charge >= 0.3 is 6.18 Å². The maximum atomic E-state index is 13.0. The number of aromatic nitrogens is 2. The lowest BCUT2D eigenvalue weighted by Gasteiger charge is -2.17. The Hall–Kier alpha value is -2.30. The monoisotopic (exact) mass is 454 g/mol. The smallest absolute Gasteiger partial charge is 0.306 e. The zero-order valence-electron chi connectivity index (χ0n) is 16.9. The van der Waals surface area contributed by atoms with Crippen LogP contribution < -0.4 is 5.32 Å². The van der Waals surface area contributed by atoms with Gasteiger partial charge in [0.25, 0.3) is 5.91 Å². The van der Waals surface area contributed by atoms with Crippen molar-refractivity contribution in [3.8, 4) is 10.4 Å². The minimum atomic E-state index is -4.41. The normalized spacial score (nSPS) is 12.9. The molecule has 5 nitrogen and oxygen atoms in total. The minimum absolute atomic E-state index is 0.261. The fourth-order valence-electron chi connectivity index (χ4n) is 2.70. The number of nitrogens with zero attached hydrogens (tertiary/aromatic N) is 3. The Labute approximate surface area is 180 Å². The number of nitrogens with one attached hydrogen (secondary N) is 1. The number of hydrogen-bond donors (Lipinski definition) is 1. The summed E-state index contributed by atoms with van der Waals surface area (Å²) in [5.74, 6) is 0.300. The van der Waals surface area contributed by atoms with Crippen molar-refractivity contribution >= 4 is 33.9 Å². The molecule has 0 bridgehead atoms. The number of likely N-dealkylation sites (N-methyl/N-ethyl adjacent to an activating group) is 1. The van der Waals surface area contributed by atoms with Gasteiger partial charge in [-0.25, -0.2) is 4.98 Å². The number of carbonyl (C=O) groups excluding carboxylic acids is 1. The first-order chi connectivity index (χ1) is 14.0. The van der Waals surface area contributed by atoms with E-state index in [1.54, 1.807) is 19.1 Å². The van der Waals surface area contributed by atoms with Crippen LogP contribution in [0.3, 0.4) is 0 Å². The van der Waals surface area contributed by atoms with Crippen LogP contribution in [-0.4, -0.2) is 40.3 Å². The number of carbonyl (C=O) groups is 1. The van der Waals surface area contributed by atoms with Gasteiger partial charge in [-0.15, -0.1) is 11.3 Å². The Kier molecular flexibility index (Phi) is 6.59. The summed E-state index contributed by atoms with van der Waals surface area (Å²) >= 11 is 2.38. The Morgan fingerprint density at radius 1 is 1.27 bits per heavy atom. The molecule has 30 heavy (non-hydrogen) atoms. The van der Waals surface area contributed by atoms with Crippen molar-refractivity contribution in [3.05, 3.63) is 52.2 Å². The molecule has 2 heterocycles. The molecule has 0 fully saturated rings. The Morgan fingerprint density at radius 3 is 2.67 bits per heavy atom. The summed E-state index contributed by atoms with van der Waals surface area (Å²) in [7, 11) is 3.95. The number of thiophene rings is 1. The van der Waals surface area contributed by atoms with Crippen LogP contribution in [0, 0.1) is 6.92 Å². The highest BCUT2D eigenvalue weighted by atomic mass is 32.1. The molecule has 0 aliphatic rings. The second-order valence-electron chi connectivity index (χ2n) is 7.15. The zero-order valence-corrected chi connectivity index (χ0v) is 18.5. The van der Waals surface area contributed by atoms with E-state index in [9.17, 15) is 18.0 Å². The molecule has 1 atom stereocenters. The van der Waals surface area contributed by atoms with E-state index in [1.165, 1.54) is 17.4 Å². The molecule has 0 radical (unpaired) electrons. The van der Waals surface area contributed by atoms with Gasteiger partial charge in [-0.2, -0.15) is 17.5 Å².